The molecule has 2 N–H and O–H groups in total. The fourth-order valence-electron chi connectivity index (χ4n) is 1.90. The van der Waals surface area contributed by atoms with Crippen molar-refractivity contribution in [3.63, 3.8) is 0 Å². The summed E-state index contributed by atoms with van der Waals surface area (Å²) in [5.74, 6) is 0.748. The molecule has 4 nitrogen and oxygen atoms in total. The Morgan fingerprint density at radius 2 is 1.90 bits per heavy atom. The van der Waals surface area contributed by atoms with Gasteiger partial charge in [0.15, 0.2) is 0 Å². The zero-order valence-electron chi connectivity index (χ0n) is 12.3. The molecule has 2 aromatic carbocycles. The normalized spacial score (nSPS) is 10.0. The highest BCUT2D eigenvalue weighted by Crippen LogP contribution is 2.12. The van der Waals surface area contributed by atoms with Gasteiger partial charge in [-0.1, -0.05) is 29.8 Å². The van der Waals surface area contributed by atoms with E-state index in [2.05, 4.69) is 10.6 Å². The summed E-state index contributed by atoms with van der Waals surface area (Å²) in [6, 6.07) is 15.6. The van der Waals surface area contributed by atoms with Crippen LogP contribution in [0.4, 0.5) is 5.69 Å². The molecule has 0 spiro atoms. The first kappa shape index (κ1) is 14.9. The van der Waals surface area contributed by atoms with Crippen molar-refractivity contribution < 1.29 is 9.53 Å². The van der Waals surface area contributed by atoms with E-state index in [1.807, 2.05) is 55.5 Å². The van der Waals surface area contributed by atoms with E-state index in [4.69, 9.17) is 4.74 Å². The Kier molecular flexibility index (Phi) is 5.21. The minimum Gasteiger partial charge on any atom is -0.497 e. The SMILES string of the molecule is COc1cccc(CNC(=O)CNc2ccc(C)cc2)c1. The van der Waals surface area contributed by atoms with Crippen molar-refractivity contribution in [3.05, 3.63) is 59.7 Å². The van der Waals surface area contributed by atoms with Crippen LogP contribution in [0.25, 0.3) is 0 Å². The lowest BCUT2D eigenvalue weighted by molar-refractivity contribution is -0.119. The average Bonchev–Trinajstić information content (AvgIpc) is 2.52. The van der Waals surface area contributed by atoms with Crippen molar-refractivity contribution in [3.8, 4) is 5.75 Å². The number of amides is 1. The van der Waals surface area contributed by atoms with Gasteiger partial charge in [0, 0.05) is 12.2 Å². The van der Waals surface area contributed by atoms with Gasteiger partial charge in [-0.05, 0) is 36.8 Å². The van der Waals surface area contributed by atoms with Crippen molar-refractivity contribution >= 4 is 11.6 Å². The smallest absolute Gasteiger partial charge is 0.239 e. The second-order valence-electron chi connectivity index (χ2n) is 4.85. The Morgan fingerprint density at radius 3 is 2.62 bits per heavy atom. The molecule has 0 heterocycles. The van der Waals surface area contributed by atoms with Crippen LogP contribution in [0.1, 0.15) is 11.1 Å². The molecule has 0 saturated carbocycles. The van der Waals surface area contributed by atoms with Crippen molar-refractivity contribution in [1.29, 1.82) is 0 Å². The van der Waals surface area contributed by atoms with E-state index in [1.165, 1.54) is 5.56 Å². The number of ether oxygens (including phenoxy) is 1. The number of anilines is 1. The number of hydrogen-bond acceptors (Lipinski definition) is 3. The molecule has 1 amide bonds. The van der Waals surface area contributed by atoms with E-state index in [9.17, 15) is 4.79 Å². The summed E-state index contributed by atoms with van der Waals surface area (Å²) in [5.41, 5.74) is 3.15. The summed E-state index contributed by atoms with van der Waals surface area (Å²) in [4.78, 5) is 11.8. The van der Waals surface area contributed by atoms with Gasteiger partial charge in [0.25, 0.3) is 0 Å². The number of carbonyl (C=O) groups excluding carboxylic acids is 1. The maximum absolute atomic E-state index is 11.8. The molecule has 110 valence electrons. The lowest BCUT2D eigenvalue weighted by Gasteiger charge is -2.09. The van der Waals surface area contributed by atoms with Crippen LogP contribution in [-0.4, -0.2) is 19.6 Å². The van der Waals surface area contributed by atoms with Gasteiger partial charge in [-0.25, -0.2) is 0 Å². The molecule has 21 heavy (non-hydrogen) atoms. The van der Waals surface area contributed by atoms with Crippen LogP contribution in [0.5, 0.6) is 5.75 Å². The molecule has 0 unspecified atom stereocenters. The van der Waals surface area contributed by atoms with Gasteiger partial charge in [-0.15, -0.1) is 0 Å². The Balaban J connectivity index is 1.78. The van der Waals surface area contributed by atoms with Crippen LogP contribution in [0.15, 0.2) is 48.5 Å². The van der Waals surface area contributed by atoms with Gasteiger partial charge in [0.2, 0.25) is 5.91 Å². The molecule has 4 heteroatoms. The molecule has 0 saturated heterocycles. The van der Waals surface area contributed by atoms with E-state index in [-0.39, 0.29) is 12.5 Å². The lowest BCUT2D eigenvalue weighted by atomic mass is 10.2. The molecule has 0 aliphatic rings. The average molecular weight is 284 g/mol. The molecule has 0 bridgehead atoms. The maximum atomic E-state index is 11.8. The van der Waals surface area contributed by atoms with E-state index in [1.54, 1.807) is 7.11 Å². The first-order valence-corrected chi connectivity index (χ1v) is 6.87. The number of hydrogen-bond donors (Lipinski definition) is 2. The van der Waals surface area contributed by atoms with Gasteiger partial charge in [0.05, 0.1) is 13.7 Å². The van der Waals surface area contributed by atoms with Gasteiger partial charge >= 0.3 is 0 Å². The topological polar surface area (TPSA) is 50.4 Å². The van der Waals surface area contributed by atoms with Crippen LogP contribution >= 0.6 is 0 Å². The third-order valence-electron chi connectivity index (χ3n) is 3.13. The number of rotatable bonds is 6. The molecular weight excluding hydrogens is 264 g/mol. The maximum Gasteiger partial charge on any atom is 0.239 e. The largest absolute Gasteiger partial charge is 0.497 e. The number of nitrogens with one attached hydrogen (secondary N) is 2. The number of benzene rings is 2. The molecule has 2 aromatic rings. The van der Waals surface area contributed by atoms with Crippen molar-refractivity contribution in [2.45, 2.75) is 13.5 Å². The minimum atomic E-state index is -0.0432. The zero-order valence-corrected chi connectivity index (χ0v) is 12.3. The predicted molar refractivity (Wildman–Crippen MR) is 84.5 cm³/mol. The number of aryl methyl sites for hydroxylation is 1. The van der Waals surface area contributed by atoms with Crippen LogP contribution in [0, 0.1) is 6.92 Å². The Labute approximate surface area is 125 Å². The second-order valence-corrected chi connectivity index (χ2v) is 4.85. The molecule has 2 rings (SSSR count). The molecule has 0 aliphatic carbocycles. The quantitative estimate of drug-likeness (QED) is 0.857. The van der Waals surface area contributed by atoms with Gasteiger partial charge in [-0.3, -0.25) is 4.79 Å². The predicted octanol–water partition coefficient (Wildman–Crippen LogP) is 2.73. The third kappa shape index (κ3) is 4.84. The standard InChI is InChI=1S/C17H20N2O2/c1-13-6-8-15(9-7-13)18-12-17(20)19-11-14-4-3-5-16(10-14)21-2/h3-10,18H,11-12H2,1-2H3,(H,19,20). The molecule has 0 atom stereocenters. The summed E-state index contributed by atoms with van der Waals surface area (Å²) in [6.45, 7) is 2.78. The fourth-order valence-corrected chi connectivity index (χ4v) is 1.90. The van der Waals surface area contributed by atoms with Gasteiger partial charge in [0.1, 0.15) is 5.75 Å². The zero-order chi connectivity index (χ0) is 15.1. The third-order valence-corrected chi connectivity index (χ3v) is 3.13. The first-order valence-electron chi connectivity index (χ1n) is 6.87. The van der Waals surface area contributed by atoms with E-state index in [0.717, 1.165) is 17.0 Å². The molecule has 0 fully saturated rings. The van der Waals surface area contributed by atoms with Crippen LogP contribution in [0.2, 0.25) is 0 Å². The van der Waals surface area contributed by atoms with E-state index in [0.29, 0.717) is 6.54 Å². The van der Waals surface area contributed by atoms with Gasteiger partial charge in [-0.2, -0.15) is 0 Å². The summed E-state index contributed by atoms with van der Waals surface area (Å²) >= 11 is 0. The Hall–Kier alpha value is -2.49. The molecule has 0 aliphatic heterocycles. The summed E-state index contributed by atoms with van der Waals surface area (Å²) in [5, 5.41) is 5.97. The van der Waals surface area contributed by atoms with Crippen molar-refractivity contribution in [2.75, 3.05) is 19.0 Å². The Morgan fingerprint density at radius 1 is 1.14 bits per heavy atom. The highest BCUT2D eigenvalue weighted by Gasteiger charge is 2.02. The summed E-state index contributed by atoms with van der Waals surface area (Å²) in [7, 11) is 1.63. The van der Waals surface area contributed by atoms with E-state index < -0.39 is 0 Å². The lowest BCUT2D eigenvalue weighted by Crippen LogP contribution is -2.29. The molecule has 0 aromatic heterocycles. The summed E-state index contributed by atoms with van der Waals surface area (Å²) in [6.07, 6.45) is 0. The highest BCUT2D eigenvalue weighted by molar-refractivity contribution is 5.80. The number of methoxy groups -OCH3 is 1. The molecular formula is C17H20N2O2. The van der Waals surface area contributed by atoms with Crippen LogP contribution in [0.3, 0.4) is 0 Å². The van der Waals surface area contributed by atoms with Gasteiger partial charge < -0.3 is 15.4 Å². The van der Waals surface area contributed by atoms with E-state index >= 15 is 0 Å². The highest BCUT2D eigenvalue weighted by atomic mass is 16.5. The Bertz CT molecular complexity index is 594. The number of carbonyl (C=O) groups is 1. The first-order chi connectivity index (χ1) is 10.2. The minimum absolute atomic E-state index is 0.0432. The van der Waals surface area contributed by atoms with Crippen LogP contribution < -0.4 is 15.4 Å². The summed E-state index contributed by atoms with van der Waals surface area (Å²) < 4.78 is 5.15. The van der Waals surface area contributed by atoms with Crippen molar-refractivity contribution in [1.82, 2.24) is 5.32 Å². The molecule has 0 radical (unpaired) electrons. The second kappa shape index (κ2) is 7.33. The van der Waals surface area contributed by atoms with Crippen molar-refractivity contribution in [2.24, 2.45) is 0 Å². The monoisotopic (exact) mass is 284 g/mol. The fraction of sp³-hybridized carbons (Fsp3) is 0.235. The van der Waals surface area contributed by atoms with Crippen LogP contribution in [-0.2, 0) is 11.3 Å².